The van der Waals surface area contributed by atoms with E-state index in [0.29, 0.717) is 5.02 Å². The second-order valence-electron chi connectivity index (χ2n) is 7.47. The maximum absolute atomic E-state index is 6.35. The Hall–Kier alpha value is -0.800. The van der Waals surface area contributed by atoms with E-state index in [1.54, 1.807) is 6.20 Å². The predicted molar refractivity (Wildman–Crippen MR) is 90.2 cm³/mol. The second-order valence-corrected chi connectivity index (χ2v) is 8.56. The molecule has 2 aromatic heterocycles. The molecule has 2 rings (SSSR count). The van der Waals surface area contributed by atoms with Gasteiger partial charge in [0.25, 0.3) is 0 Å². The molecule has 0 radical (unpaired) electrons. The third-order valence-electron chi connectivity index (χ3n) is 3.41. The van der Waals surface area contributed by atoms with Gasteiger partial charge in [0.15, 0.2) is 5.65 Å². The van der Waals surface area contributed by atoms with Crippen molar-refractivity contribution in [3.05, 3.63) is 23.1 Å². The largest absolute Gasteiger partial charge is 0.306 e. The summed E-state index contributed by atoms with van der Waals surface area (Å²) >= 11 is 12.4. The van der Waals surface area contributed by atoms with Crippen LogP contribution in [0.15, 0.2) is 12.3 Å². The molecule has 116 valence electrons. The molecular weight excluding hydrogens is 305 g/mol. The lowest BCUT2D eigenvalue weighted by Gasteiger charge is -2.35. The first-order valence-electron chi connectivity index (χ1n) is 7.20. The minimum absolute atomic E-state index is 0.133. The fraction of sp³-hybridized carbons (Fsp3) is 0.625. The number of rotatable bonds is 3. The van der Waals surface area contributed by atoms with Crippen LogP contribution < -0.4 is 0 Å². The summed E-state index contributed by atoms with van der Waals surface area (Å²) in [7, 11) is 0. The first kappa shape index (κ1) is 16.6. The van der Waals surface area contributed by atoms with E-state index in [9.17, 15) is 0 Å². The van der Waals surface area contributed by atoms with Gasteiger partial charge in [-0.2, -0.15) is 0 Å². The molecule has 21 heavy (non-hydrogen) atoms. The van der Waals surface area contributed by atoms with Gasteiger partial charge in [0.1, 0.15) is 11.3 Å². The predicted octanol–water partition coefficient (Wildman–Crippen LogP) is 5.56. The van der Waals surface area contributed by atoms with Crippen molar-refractivity contribution >= 4 is 34.4 Å². The Balaban J connectivity index is 2.68. The molecule has 0 aliphatic carbocycles. The Bertz CT molecular complexity index is 651. The number of hydrogen-bond donors (Lipinski definition) is 0. The van der Waals surface area contributed by atoms with Crippen LogP contribution in [0.5, 0.6) is 0 Å². The van der Waals surface area contributed by atoms with Crippen LogP contribution in [0.3, 0.4) is 0 Å². The molecule has 0 saturated carbocycles. The van der Waals surface area contributed by atoms with Crippen molar-refractivity contribution in [3.63, 3.8) is 0 Å². The summed E-state index contributed by atoms with van der Waals surface area (Å²) in [6.45, 7) is 13.1. The highest BCUT2D eigenvalue weighted by molar-refractivity contribution is 6.31. The van der Waals surface area contributed by atoms with Crippen LogP contribution in [0.4, 0.5) is 0 Å². The Kier molecular flexibility index (Phi) is 4.29. The molecule has 2 aromatic rings. The topological polar surface area (TPSA) is 30.7 Å². The van der Waals surface area contributed by atoms with Gasteiger partial charge >= 0.3 is 0 Å². The van der Waals surface area contributed by atoms with E-state index in [-0.39, 0.29) is 16.3 Å². The van der Waals surface area contributed by atoms with Crippen molar-refractivity contribution in [1.82, 2.24) is 14.5 Å². The highest BCUT2D eigenvalue weighted by atomic mass is 35.5. The number of pyridine rings is 1. The van der Waals surface area contributed by atoms with Crippen molar-refractivity contribution < 1.29 is 0 Å². The Labute approximate surface area is 136 Å². The third-order valence-corrected chi connectivity index (χ3v) is 3.82. The molecule has 2 heterocycles. The number of nitrogens with zero attached hydrogens (tertiary/aromatic N) is 3. The summed E-state index contributed by atoms with van der Waals surface area (Å²) < 4.78 is 2.17. The van der Waals surface area contributed by atoms with Crippen LogP contribution in [0.2, 0.25) is 5.02 Å². The van der Waals surface area contributed by atoms with E-state index in [2.05, 4.69) is 49.2 Å². The van der Waals surface area contributed by atoms with Gasteiger partial charge in [0, 0.05) is 11.7 Å². The highest BCUT2D eigenvalue weighted by Crippen LogP contribution is 2.37. The van der Waals surface area contributed by atoms with Gasteiger partial charge in [-0.05, 0) is 38.7 Å². The summed E-state index contributed by atoms with van der Waals surface area (Å²) in [5.41, 5.74) is 1.70. The van der Waals surface area contributed by atoms with E-state index < -0.39 is 0 Å². The first-order chi connectivity index (χ1) is 9.51. The molecule has 5 heteroatoms. The summed E-state index contributed by atoms with van der Waals surface area (Å²) in [6, 6.07) is 1.84. The molecule has 3 nitrogen and oxygen atoms in total. The standard InChI is InChI=1S/C16H23Cl2N3/c1-10(17)13-20-12-7-11(18)8-19-14(12)21(13)16(5,6)9-15(2,3)4/h7-8,10H,9H2,1-6H3. The van der Waals surface area contributed by atoms with Crippen LogP contribution in [0.1, 0.15) is 59.2 Å². The van der Waals surface area contributed by atoms with Crippen molar-refractivity contribution in [2.45, 2.75) is 58.9 Å². The lowest BCUT2D eigenvalue weighted by atomic mass is 9.81. The summed E-state index contributed by atoms with van der Waals surface area (Å²) in [4.78, 5) is 9.14. The van der Waals surface area contributed by atoms with E-state index in [0.717, 1.165) is 23.4 Å². The SMILES string of the molecule is CC(Cl)c1nc2cc(Cl)cnc2n1C(C)(C)CC(C)(C)C. The van der Waals surface area contributed by atoms with Gasteiger partial charge in [-0.1, -0.05) is 32.4 Å². The number of aromatic nitrogens is 3. The van der Waals surface area contributed by atoms with E-state index in [4.69, 9.17) is 23.2 Å². The van der Waals surface area contributed by atoms with Crippen molar-refractivity contribution in [1.29, 1.82) is 0 Å². The minimum Gasteiger partial charge on any atom is -0.306 e. The second kappa shape index (κ2) is 5.44. The van der Waals surface area contributed by atoms with Gasteiger partial charge in [-0.15, -0.1) is 11.6 Å². The van der Waals surface area contributed by atoms with Gasteiger partial charge < -0.3 is 4.57 Å². The lowest BCUT2D eigenvalue weighted by molar-refractivity contribution is 0.214. The van der Waals surface area contributed by atoms with Crippen molar-refractivity contribution in [2.24, 2.45) is 5.41 Å². The Morgan fingerprint density at radius 2 is 1.86 bits per heavy atom. The van der Waals surface area contributed by atoms with E-state index in [1.165, 1.54) is 0 Å². The average molecular weight is 328 g/mol. The zero-order valence-corrected chi connectivity index (χ0v) is 15.0. The fourth-order valence-electron chi connectivity index (χ4n) is 3.20. The zero-order valence-electron chi connectivity index (χ0n) is 13.5. The van der Waals surface area contributed by atoms with Crippen LogP contribution in [0, 0.1) is 5.41 Å². The fourth-order valence-corrected chi connectivity index (χ4v) is 3.50. The average Bonchev–Trinajstić information content (AvgIpc) is 2.64. The maximum Gasteiger partial charge on any atom is 0.160 e. The lowest BCUT2D eigenvalue weighted by Crippen LogP contribution is -2.33. The Morgan fingerprint density at radius 3 is 2.38 bits per heavy atom. The van der Waals surface area contributed by atoms with Crippen LogP contribution in [0.25, 0.3) is 11.2 Å². The van der Waals surface area contributed by atoms with Gasteiger partial charge in [0.2, 0.25) is 0 Å². The summed E-state index contributed by atoms with van der Waals surface area (Å²) in [6.07, 6.45) is 2.66. The van der Waals surface area contributed by atoms with Crippen molar-refractivity contribution in [3.8, 4) is 0 Å². The first-order valence-corrected chi connectivity index (χ1v) is 8.01. The van der Waals surface area contributed by atoms with Gasteiger partial charge in [-0.3, -0.25) is 0 Å². The number of alkyl halides is 1. The Morgan fingerprint density at radius 1 is 1.24 bits per heavy atom. The number of imidazole rings is 1. The molecular formula is C16H23Cl2N3. The molecule has 1 unspecified atom stereocenters. The maximum atomic E-state index is 6.35. The van der Waals surface area contributed by atoms with Crippen LogP contribution in [-0.4, -0.2) is 14.5 Å². The number of hydrogen-bond acceptors (Lipinski definition) is 2. The quantitative estimate of drug-likeness (QED) is 0.691. The summed E-state index contributed by atoms with van der Waals surface area (Å²) in [5, 5.41) is 0.409. The van der Waals surface area contributed by atoms with Crippen molar-refractivity contribution in [2.75, 3.05) is 0 Å². The molecule has 0 aliphatic rings. The molecule has 0 saturated heterocycles. The molecule has 0 amide bonds. The van der Waals surface area contributed by atoms with E-state index in [1.807, 2.05) is 13.0 Å². The van der Waals surface area contributed by atoms with Crippen LogP contribution in [-0.2, 0) is 5.54 Å². The van der Waals surface area contributed by atoms with Gasteiger partial charge in [0.05, 0.1) is 10.4 Å². The monoisotopic (exact) mass is 327 g/mol. The number of halogens is 2. The molecule has 0 spiro atoms. The van der Waals surface area contributed by atoms with E-state index >= 15 is 0 Å². The molecule has 0 N–H and O–H groups in total. The smallest absolute Gasteiger partial charge is 0.160 e. The normalized spacial score (nSPS) is 14.7. The highest BCUT2D eigenvalue weighted by Gasteiger charge is 2.32. The molecule has 0 aromatic carbocycles. The number of fused-ring (bicyclic) bond motifs is 1. The van der Waals surface area contributed by atoms with Crippen LogP contribution >= 0.6 is 23.2 Å². The molecule has 0 bridgehead atoms. The molecule has 0 aliphatic heterocycles. The molecule has 0 fully saturated rings. The zero-order chi connectivity index (χ0) is 16.0. The minimum atomic E-state index is -0.183. The third kappa shape index (κ3) is 3.51. The summed E-state index contributed by atoms with van der Waals surface area (Å²) in [5.74, 6) is 0.843. The van der Waals surface area contributed by atoms with Gasteiger partial charge in [-0.25, -0.2) is 9.97 Å². The molecule has 1 atom stereocenters.